The van der Waals surface area contributed by atoms with Crippen molar-refractivity contribution in [2.24, 2.45) is 0 Å². The molecule has 1 aliphatic rings. The minimum atomic E-state index is -0.337. The first-order chi connectivity index (χ1) is 10.1. The van der Waals surface area contributed by atoms with E-state index < -0.39 is 0 Å². The van der Waals surface area contributed by atoms with Gasteiger partial charge >= 0.3 is 0 Å². The van der Waals surface area contributed by atoms with Crippen LogP contribution in [-0.4, -0.2) is 11.8 Å². The highest BCUT2D eigenvalue weighted by molar-refractivity contribution is 9.10. The zero-order valence-electron chi connectivity index (χ0n) is 11.4. The Balaban J connectivity index is 2.10. The smallest absolute Gasteiger partial charge is 0.234 e. The molecule has 1 aliphatic heterocycles. The minimum absolute atomic E-state index is 0.0926. The third-order valence-corrected chi connectivity index (χ3v) is 5.70. The summed E-state index contributed by atoms with van der Waals surface area (Å²) in [5, 5.41) is 4.49. The molecule has 2 amide bonds. The molecule has 0 aliphatic carbocycles. The van der Waals surface area contributed by atoms with Gasteiger partial charge in [0.05, 0.1) is 5.92 Å². The molecule has 2 heterocycles. The first kappa shape index (κ1) is 14.5. The summed E-state index contributed by atoms with van der Waals surface area (Å²) in [7, 11) is 0. The summed E-state index contributed by atoms with van der Waals surface area (Å²) < 4.78 is 0.902. The predicted molar refractivity (Wildman–Crippen MR) is 86.4 cm³/mol. The number of hydrogen-bond acceptors (Lipinski definition) is 3. The summed E-state index contributed by atoms with van der Waals surface area (Å²) >= 11 is 5.14. The molecule has 5 heteroatoms. The molecule has 1 aromatic carbocycles. The molecular formula is C16H14BrNO2S. The van der Waals surface area contributed by atoms with Gasteiger partial charge in [0, 0.05) is 21.7 Å². The van der Waals surface area contributed by atoms with Gasteiger partial charge in [0.25, 0.3) is 0 Å². The average molecular weight is 364 g/mol. The van der Waals surface area contributed by atoms with Crippen molar-refractivity contribution in [3.63, 3.8) is 0 Å². The van der Waals surface area contributed by atoms with Gasteiger partial charge in [0.15, 0.2) is 0 Å². The molecule has 2 unspecified atom stereocenters. The van der Waals surface area contributed by atoms with E-state index >= 15 is 0 Å². The number of imide groups is 1. The lowest BCUT2D eigenvalue weighted by atomic mass is 9.79. The maximum Gasteiger partial charge on any atom is 0.234 e. The molecule has 2 atom stereocenters. The van der Waals surface area contributed by atoms with E-state index in [2.05, 4.69) is 21.2 Å². The zero-order valence-corrected chi connectivity index (χ0v) is 13.8. The van der Waals surface area contributed by atoms with Crippen LogP contribution in [0.4, 0.5) is 0 Å². The Bertz CT molecular complexity index is 710. The Morgan fingerprint density at radius 2 is 2.00 bits per heavy atom. The standard InChI is InChI=1S/C16H14BrNO2S/c1-9-6-7-21-15(9)11-8-13(19)18-16(20)14(11)10-4-2-3-5-12(10)17/h2-7,11,14H,8H2,1H3,(H,18,19,20). The molecule has 3 nitrogen and oxygen atoms in total. The lowest BCUT2D eigenvalue weighted by Crippen LogP contribution is -2.43. The van der Waals surface area contributed by atoms with E-state index in [0.717, 1.165) is 20.5 Å². The molecule has 108 valence electrons. The SMILES string of the molecule is Cc1ccsc1C1CC(=O)NC(=O)C1c1ccccc1Br. The fourth-order valence-corrected chi connectivity index (χ4v) is 4.46. The fraction of sp³-hybridized carbons (Fsp3) is 0.250. The van der Waals surface area contributed by atoms with Crippen molar-refractivity contribution >= 4 is 39.1 Å². The van der Waals surface area contributed by atoms with E-state index in [0.29, 0.717) is 6.42 Å². The molecule has 21 heavy (non-hydrogen) atoms. The van der Waals surface area contributed by atoms with Crippen molar-refractivity contribution in [3.8, 4) is 0 Å². The van der Waals surface area contributed by atoms with Gasteiger partial charge in [-0.15, -0.1) is 11.3 Å². The molecule has 0 bridgehead atoms. The molecule has 2 aromatic rings. The summed E-state index contributed by atoms with van der Waals surface area (Å²) in [4.78, 5) is 25.4. The second kappa shape index (κ2) is 5.73. The average Bonchev–Trinajstić information content (AvgIpc) is 2.85. The van der Waals surface area contributed by atoms with E-state index in [4.69, 9.17) is 0 Å². The van der Waals surface area contributed by atoms with Crippen LogP contribution >= 0.6 is 27.3 Å². The number of benzene rings is 1. The largest absolute Gasteiger partial charge is 0.296 e. The number of amides is 2. The Morgan fingerprint density at radius 1 is 1.24 bits per heavy atom. The van der Waals surface area contributed by atoms with Crippen molar-refractivity contribution in [2.45, 2.75) is 25.2 Å². The topological polar surface area (TPSA) is 46.2 Å². The van der Waals surface area contributed by atoms with Crippen LogP contribution in [0.15, 0.2) is 40.2 Å². The van der Waals surface area contributed by atoms with Crippen LogP contribution < -0.4 is 5.32 Å². The van der Waals surface area contributed by atoms with Crippen molar-refractivity contribution < 1.29 is 9.59 Å². The Hall–Kier alpha value is -1.46. The number of thiophene rings is 1. The summed E-state index contributed by atoms with van der Waals surface area (Å²) in [6, 6.07) is 9.75. The number of nitrogens with one attached hydrogen (secondary N) is 1. The summed E-state index contributed by atoms with van der Waals surface area (Å²) in [5.41, 5.74) is 2.07. The number of piperidine rings is 1. The summed E-state index contributed by atoms with van der Waals surface area (Å²) in [5.74, 6) is -0.836. The van der Waals surface area contributed by atoms with E-state index in [1.807, 2.05) is 42.6 Å². The predicted octanol–water partition coefficient (Wildman–Crippen LogP) is 3.73. The van der Waals surface area contributed by atoms with Crippen LogP contribution in [0.25, 0.3) is 0 Å². The van der Waals surface area contributed by atoms with Crippen molar-refractivity contribution in [1.29, 1.82) is 0 Å². The molecule has 1 aromatic heterocycles. The van der Waals surface area contributed by atoms with Gasteiger partial charge in [-0.3, -0.25) is 14.9 Å². The van der Waals surface area contributed by atoms with E-state index in [1.165, 1.54) is 0 Å². The van der Waals surface area contributed by atoms with Crippen molar-refractivity contribution in [1.82, 2.24) is 5.32 Å². The van der Waals surface area contributed by atoms with Crippen LogP contribution in [0.1, 0.15) is 34.3 Å². The third-order valence-electron chi connectivity index (χ3n) is 3.83. The number of carbonyl (C=O) groups is 2. The van der Waals surface area contributed by atoms with Crippen LogP contribution in [-0.2, 0) is 9.59 Å². The molecule has 0 spiro atoms. The number of hydrogen-bond donors (Lipinski definition) is 1. The fourth-order valence-electron chi connectivity index (χ4n) is 2.86. The molecular weight excluding hydrogens is 350 g/mol. The lowest BCUT2D eigenvalue weighted by Gasteiger charge is -2.31. The lowest BCUT2D eigenvalue weighted by molar-refractivity contribution is -0.135. The number of carbonyl (C=O) groups excluding carboxylic acids is 2. The zero-order chi connectivity index (χ0) is 15.0. The molecule has 0 radical (unpaired) electrons. The van der Waals surface area contributed by atoms with Crippen LogP contribution in [0.2, 0.25) is 0 Å². The van der Waals surface area contributed by atoms with Gasteiger partial charge in [-0.1, -0.05) is 34.1 Å². The van der Waals surface area contributed by atoms with Crippen LogP contribution in [0.3, 0.4) is 0 Å². The Kier molecular flexibility index (Phi) is 3.95. The van der Waals surface area contributed by atoms with Gasteiger partial charge in [0.2, 0.25) is 11.8 Å². The first-order valence-corrected chi connectivity index (χ1v) is 8.37. The molecule has 1 fully saturated rings. The first-order valence-electron chi connectivity index (χ1n) is 6.70. The third kappa shape index (κ3) is 2.68. The normalized spacial score (nSPS) is 22.2. The highest BCUT2D eigenvalue weighted by Crippen LogP contribution is 2.43. The van der Waals surface area contributed by atoms with Crippen LogP contribution in [0.5, 0.6) is 0 Å². The molecule has 0 saturated carbocycles. The monoisotopic (exact) mass is 363 g/mol. The van der Waals surface area contributed by atoms with Gasteiger partial charge in [-0.2, -0.15) is 0 Å². The van der Waals surface area contributed by atoms with Gasteiger partial charge < -0.3 is 0 Å². The van der Waals surface area contributed by atoms with Crippen molar-refractivity contribution in [3.05, 3.63) is 56.2 Å². The highest BCUT2D eigenvalue weighted by atomic mass is 79.9. The molecule has 3 rings (SSSR count). The van der Waals surface area contributed by atoms with Gasteiger partial charge in [-0.05, 0) is 35.6 Å². The second-order valence-corrected chi connectivity index (χ2v) is 6.99. The summed E-state index contributed by atoms with van der Waals surface area (Å²) in [6.07, 6.45) is 0.346. The van der Waals surface area contributed by atoms with Gasteiger partial charge in [-0.25, -0.2) is 0 Å². The second-order valence-electron chi connectivity index (χ2n) is 5.19. The maximum absolute atomic E-state index is 12.4. The Morgan fingerprint density at radius 3 is 2.67 bits per heavy atom. The molecule has 1 saturated heterocycles. The van der Waals surface area contributed by atoms with E-state index in [1.54, 1.807) is 11.3 Å². The maximum atomic E-state index is 12.4. The number of rotatable bonds is 2. The van der Waals surface area contributed by atoms with Crippen molar-refractivity contribution in [2.75, 3.05) is 0 Å². The Labute approximate surface area is 135 Å². The van der Waals surface area contributed by atoms with Gasteiger partial charge in [0.1, 0.15) is 0 Å². The molecule has 1 N–H and O–H groups in total. The quantitative estimate of drug-likeness (QED) is 0.826. The van der Waals surface area contributed by atoms with Crippen LogP contribution in [0, 0.1) is 6.92 Å². The minimum Gasteiger partial charge on any atom is -0.296 e. The highest BCUT2D eigenvalue weighted by Gasteiger charge is 2.39. The number of aryl methyl sites for hydroxylation is 1. The van der Waals surface area contributed by atoms with E-state index in [-0.39, 0.29) is 23.7 Å². The number of halogens is 1. The summed E-state index contributed by atoms with van der Waals surface area (Å²) in [6.45, 7) is 2.03. The van der Waals surface area contributed by atoms with E-state index in [9.17, 15) is 9.59 Å².